The third-order valence-electron chi connectivity index (χ3n) is 2.92. The molecule has 2 rings (SSSR count). The minimum absolute atomic E-state index is 0.0975. The highest BCUT2D eigenvalue weighted by molar-refractivity contribution is 5.80. The summed E-state index contributed by atoms with van der Waals surface area (Å²) in [6.45, 7) is 5.54. The van der Waals surface area contributed by atoms with Crippen LogP contribution in [0.5, 0.6) is 0 Å². The van der Waals surface area contributed by atoms with E-state index in [2.05, 4.69) is 0 Å². The van der Waals surface area contributed by atoms with Crippen molar-refractivity contribution >= 4 is 11.9 Å². The van der Waals surface area contributed by atoms with E-state index < -0.39 is 5.41 Å². The molecule has 0 amide bonds. The molecule has 2 aliphatic rings. The Labute approximate surface area is 94.6 Å². The molecule has 4 nitrogen and oxygen atoms in total. The first-order valence-corrected chi connectivity index (χ1v) is 5.45. The highest BCUT2D eigenvalue weighted by Gasteiger charge is 2.46. The maximum atomic E-state index is 11.5. The van der Waals surface area contributed by atoms with Gasteiger partial charge in [-0.3, -0.25) is 9.59 Å². The van der Waals surface area contributed by atoms with E-state index in [9.17, 15) is 9.59 Å². The lowest BCUT2D eigenvalue weighted by atomic mass is 9.81. The predicted octanol–water partition coefficient (Wildman–Crippen LogP) is 1.30. The van der Waals surface area contributed by atoms with Crippen LogP contribution in [0.2, 0.25) is 0 Å². The summed E-state index contributed by atoms with van der Waals surface area (Å²) < 4.78 is 10.3. The van der Waals surface area contributed by atoms with Crippen molar-refractivity contribution < 1.29 is 19.1 Å². The van der Waals surface area contributed by atoms with E-state index in [1.807, 2.05) is 12.2 Å². The van der Waals surface area contributed by atoms with Crippen molar-refractivity contribution in [3.8, 4) is 0 Å². The zero-order valence-corrected chi connectivity index (χ0v) is 9.73. The number of rotatable bonds is 2. The molecule has 0 unspecified atom stereocenters. The van der Waals surface area contributed by atoms with Crippen LogP contribution < -0.4 is 0 Å². The molecule has 1 aliphatic carbocycles. The van der Waals surface area contributed by atoms with E-state index in [4.69, 9.17) is 9.47 Å². The molecule has 0 aromatic carbocycles. The molecule has 88 valence electrons. The summed E-state index contributed by atoms with van der Waals surface area (Å²) >= 11 is 0. The molecule has 16 heavy (non-hydrogen) atoms. The van der Waals surface area contributed by atoms with Gasteiger partial charge < -0.3 is 9.47 Å². The Balaban J connectivity index is 1.86. The summed E-state index contributed by atoms with van der Waals surface area (Å²) in [5, 5.41) is 0. The zero-order valence-electron chi connectivity index (χ0n) is 9.73. The van der Waals surface area contributed by atoms with Gasteiger partial charge >= 0.3 is 11.9 Å². The standard InChI is InChI=1S/C12H16O4/c1-12(2,3)11(14)15-6-9-7-4-5-8(7)10(13)16-9/h4-5,7-9H,6H2,1-3H3/t7-,8+,9+/m0/s1. The lowest BCUT2D eigenvalue weighted by Gasteiger charge is -2.23. The van der Waals surface area contributed by atoms with Gasteiger partial charge in [0.2, 0.25) is 0 Å². The monoisotopic (exact) mass is 224 g/mol. The Morgan fingerprint density at radius 3 is 2.56 bits per heavy atom. The Morgan fingerprint density at radius 2 is 2.12 bits per heavy atom. The van der Waals surface area contributed by atoms with Crippen molar-refractivity contribution in [2.75, 3.05) is 6.61 Å². The Morgan fingerprint density at radius 1 is 1.44 bits per heavy atom. The van der Waals surface area contributed by atoms with Crippen molar-refractivity contribution in [1.29, 1.82) is 0 Å². The summed E-state index contributed by atoms with van der Waals surface area (Å²) in [6.07, 6.45) is 3.47. The first-order chi connectivity index (χ1) is 7.39. The van der Waals surface area contributed by atoms with E-state index in [1.54, 1.807) is 20.8 Å². The molecule has 1 aliphatic heterocycles. The summed E-state index contributed by atoms with van der Waals surface area (Å²) in [7, 11) is 0. The number of cyclic esters (lactones) is 1. The Hall–Kier alpha value is -1.32. The maximum absolute atomic E-state index is 11.5. The van der Waals surface area contributed by atoms with Crippen molar-refractivity contribution in [1.82, 2.24) is 0 Å². The molecule has 0 N–H and O–H groups in total. The van der Waals surface area contributed by atoms with Crippen molar-refractivity contribution in [3.63, 3.8) is 0 Å². The second-order valence-electron chi connectivity index (χ2n) is 5.31. The second-order valence-corrected chi connectivity index (χ2v) is 5.31. The van der Waals surface area contributed by atoms with E-state index in [0.717, 1.165) is 0 Å². The van der Waals surface area contributed by atoms with E-state index in [-0.39, 0.29) is 36.5 Å². The van der Waals surface area contributed by atoms with Crippen LogP contribution in [0.25, 0.3) is 0 Å². The largest absolute Gasteiger partial charge is 0.461 e. The van der Waals surface area contributed by atoms with Gasteiger partial charge in [0.25, 0.3) is 0 Å². The minimum atomic E-state index is -0.516. The fourth-order valence-electron chi connectivity index (χ4n) is 1.77. The highest BCUT2D eigenvalue weighted by Crippen LogP contribution is 2.37. The van der Waals surface area contributed by atoms with Crippen LogP contribution in [0.15, 0.2) is 12.2 Å². The van der Waals surface area contributed by atoms with Gasteiger partial charge in [0.15, 0.2) is 0 Å². The SMILES string of the molecule is CC(C)(C)C(=O)OC[C@H]1OC(=O)[C@@H]2C=C[C@H]12. The van der Waals surface area contributed by atoms with Crippen LogP contribution in [-0.4, -0.2) is 24.6 Å². The van der Waals surface area contributed by atoms with Crippen molar-refractivity contribution in [3.05, 3.63) is 12.2 Å². The molecular formula is C12H16O4. The minimum Gasteiger partial charge on any atom is -0.461 e. The average Bonchev–Trinajstić information content (AvgIpc) is 2.29. The number of carbonyl (C=O) groups is 2. The third-order valence-corrected chi connectivity index (χ3v) is 2.92. The number of hydrogen-bond donors (Lipinski definition) is 0. The number of hydrogen-bond acceptors (Lipinski definition) is 4. The van der Waals surface area contributed by atoms with Gasteiger partial charge in [-0.1, -0.05) is 12.2 Å². The summed E-state index contributed by atoms with van der Waals surface area (Å²) in [4.78, 5) is 22.8. The van der Waals surface area contributed by atoms with Gasteiger partial charge in [-0.25, -0.2) is 0 Å². The molecule has 1 saturated heterocycles. The Bertz CT molecular complexity index is 351. The van der Waals surface area contributed by atoms with Crippen LogP contribution in [0.1, 0.15) is 20.8 Å². The normalized spacial score (nSPS) is 31.7. The highest BCUT2D eigenvalue weighted by atomic mass is 16.6. The van der Waals surface area contributed by atoms with Gasteiger partial charge in [-0.2, -0.15) is 0 Å². The lowest BCUT2D eigenvalue weighted by Crippen LogP contribution is -2.31. The number of esters is 2. The van der Waals surface area contributed by atoms with E-state index >= 15 is 0 Å². The van der Waals surface area contributed by atoms with Crippen molar-refractivity contribution in [2.45, 2.75) is 26.9 Å². The first kappa shape index (κ1) is 11.2. The summed E-state index contributed by atoms with van der Waals surface area (Å²) in [5.41, 5.74) is -0.516. The van der Waals surface area contributed by atoms with Crippen LogP contribution >= 0.6 is 0 Å². The van der Waals surface area contributed by atoms with Crippen LogP contribution in [-0.2, 0) is 19.1 Å². The van der Waals surface area contributed by atoms with Crippen LogP contribution in [0.4, 0.5) is 0 Å². The lowest BCUT2D eigenvalue weighted by molar-refractivity contribution is -0.160. The fourth-order valence-corrected chi connectivity index (χ4v) is 1.77. The van der Waals surface area contributed by atoms with Gasteiger partial charge in [0, 0.05) is 5.92 Å². The molecule has 0 aromatic heterocycles. The summed E-state index contributed by atoms with van der Waals surface area (Å²) in [5.74, 6) is -0.488. The number of fused-ring (bicyclic) bond motifs is 1. The third kappa shape index (κ3) is 1.84. The van der Waals surface area contributed by atoms with Gasteiger partial charge in [0.05, 0.1) is 11.3 Å². The predicted molar refractivity (Wildman–Crippen MR) is 56.4 cm³/mol. The van der Waals surface area contributed by atoms with Crippen LogP contribution in [0, 0.1) is 17.3 Å². The first-order valence-electron chi connectivity index (χ1n) is 5.45. The topological polar surface area (TPSA) is 52.6 Å². The van der Waals surface area contributed by atoms with Gasteiger partial charge in [-0.05, 0) is 20.8 Å². The molecule has 1 heterocycles. The molecule has 1 fully saturated rings. The molecule has 3 atom stereocenters. The van der Waals surface area contributed by atoms with Gasteiger partial charge in [0.1, 0.15) is 12.7 Å². The molecule has 0 radical (unpaired) electrons. The van der Waals surface area contributed by atoms with Crippen molar-refractivity contribution in [2.24, 2.45) is 17.3 Å². The van der Waals surface area contributed by atoms with Crippen LogP contribution in [0.3, 0.4) is 0 Å². The Kier molecular flexibility index (Phi) is 2.52. The molecule has 0 bridgehead atoms. The number of carbonyl (C=O) groups excluding carboxylic acids is 2. The van der Waals surface area contributed by atoms with Gasteiger partial charge in [-0.15, -0.1) is 0 Å². The molecule has 0 saturated carbocycles. The fraction of sp³-hybridized carbons (Fsp3) is 0.667. The molecular weight excluding hydrogens is 208 g/mol. The molecule has 0 aromatic rings. The maximum Gasteiger partial charge on any atom is 0.313 e. The molecule has 0 spiro atoms. The number of ether oxygens (including phenoxy) is 2. The van der Waals surface area contributed by atoms with E-state index in [0.29, 0.717) is 0 Å². The second kappa shape index (κ2) is 3.61. The molecule has 4 heteroatoms. The summed E-state index contributed by atoms with van der Waals surface area (Å²) in [6, 6.07) is 0. The quantitative estimate of drug-likeness (QED) is 0.524. The average molecular weight is 224 g/mol. The smallest absolute Gasteiger partial charge is 0.313 e. The zero-order chi connectivity index (χ0) is 11.9. The van der Waals surface area contributed by atoms with E-state index in [1.165, 1.54) is 0 Å².